The molecule has 41 heavy (non-hydrogen) atoms. The van der Waals surface area contributed by atoms with Crippen LogP contribution in [-0.2, 0) is 26.2 Å². The van der Waals surface area contributed by atoms with Crippen LogP contribution in [0.3, 0.4) is 0 Å². The van der Waals surface area contributed by atoms with E-state index >= 15 is 0 Å². The van der Waals surface area contributed by atoms with E-state index < -0.39 is 28.5 Å². The molecule has 0 unspecified atom stereocenters. The molecule has 0 bridgehead atoms. The molecule has 0 radical (unpaired) electrons. The quantitative estimate of drug-likeness (QED) is 0.290. The van der Waals surface area contributed by atoms with Crippen molar-refractivity contribution in [2.24, 2.45) is 0 Å². The summed E-state index contributed by atoms with van der Waals surface area (Å²) in [5.41, 5.74) is 2.07. The summed E-state index contributed by atoms with van der Waals surface area (Å²) in [6.07, 6.45) is 5.56. The van der Waals surface area contributed by atoms with Crippen LogP contribution >= 0.6 is 11.6 Å². The fourth-order valence-corrected chi connectivity index (χ4v) is 6.82. The van der Waals surface area contributed by atoms with Gasteiger partial charge in [0.1, 0.15) is 12.6 Å². The SMILES string of the molecule is CC[C@@H](C(=O)NC1CCCCC1)N(Cc1ccccc1)C(=O)CN(c1cccc(C)c1)S(=O)(=O)c1ccc(Cl)cc1. The van der Waals surface area contributed by atoms with Crippen molar-refractivity contribution in [3.05, 3.63) is 95.0 Å². The molecule has 0 spiro atoms. The first-order valence-corrected chi connectivity index (χ1v) is 16.0. The molecule has 1 aliphatic rings. The van der Waals surface area contributed by atoms with Gasteiger partial charge in [0.15, 0.2) is 0 Å². The number of rotatable bonds is 11. The van der Waals surface area contributed by atoms with E-state index in [0.717, 1.165) is 41.1 Å². The van der Waals surface area contributed by atoms with Crippen LogP contribution in [0.25, 0.3) is 0 Å². The van der Waals surface area contributed by atoms with Gasteiger partial charge in [0.25, 0.3) is 10.0 Å². The lowest BCUT2D eigenvalue weighted by Gasteiger charge is -2.34. The van der Waals surface area contributed by atoms with Crippen molar-refractivity contribution < 1.29 is 18.0 Å². The van der Waals surface area contributed by atoms with Gasteiger partial charge in [-0.05, 0) is 73.7 Å². The summed E-state index contributed by atoms with van der Waals surface area (Å²) >= 11 is 6.03. The molecule has 3 aromatic rings. The summed E-state index contributed by atoms with van der Waals surface area (Å²) in [6, 6.07) is 21.7. The Morgan fingerprint density at radius 3 is 2.27 bits per heavy atom. The second kappa shape index (κ2) is 14.0. The second-order valence-corrected chi connectivity index (χ2v) is 12.9. The minimum absolute atomic E-state index is 0.0212. The Hall–Kier alpha value is -3.36. The fraction of sp³-hybridized carbons (Fsp3) is 0.375. The van der Waals surface area contributed by atoms with Crippen molar-refractivity contribution in [3.63, 3.8) is 0 Å². The monoisotopic (exact) mass is 595 g/mol. The molecular weight excluding hydrogens is 558 g/mol. The molecule has 1 atom stereocenters. The summed E-state index contributed by atoms with van der Waals surface area (Å²) in [7, 11) is -4.14. The van der Waals surface area contributed by atoms with Crippen LogP contribution in [0.5, 0.6) is 0 Å². The molecule has 0 saturated heterocycles. The molecule has 1 saturated carbocycles. The fourth-order valence-electron chi connectivity index (χ4n) is 5.29. The van der Waals surface area contributed by atoms with Gasteiger partial charge in [0.2, 0.25) is 11.8 Å². The summed E-state index contributed by atoms with van der Waals surface area (Å²) < 4.78 is 29.0. The maximum atomic E-state index is 14.2. The highest BCUT2D eigenvalue weighted by Gasteiger charge is 2.34. The minimum Gasteiger partial charge on any atom is -0.352 e. The van der Waals surface area contributed by atoms with Crippen molar-refractivity contribution in [3.8, 4) is 0 Å². The summed E-state index contributed by atoms with van der Waals surface area (Å²) in [6.45, 7) is 3.45. The van der Waals surface area contributed by atoms with Crippen LogP contribution in [-0.4, -0.2) is 43.8 Å². The van der Waals surface area contributed by atoms with Gasteiger partial charge in [0.05, 0.1) is 10.6 Å². The van der Waals surface area contributed by atoms with Crippen LogP contribution in [0.1, 0.15) is 56.6 Å². The lowest BCUT2D eigenvalue weighted by molar-refractivity contribution is -0.140. The maximum Gasteiger partial charge on any atom is 0.264 e. The van der Waals surface area contributed by atoms with Gasteiger partial charge in [-0.15, -0.1) is 0 Å². The molecule has 0 aliphatic heterocycles. The predicted molar refractivity (Wildman–Crippen MR) is 163 cm³/mol. The molecule has 0 aromatic heterocycles. The van der Waals surface area contributed by atoms with Gasteiger partial charge in [-0.1, -0.05) is 80.3 Å². The molecule has 1 fully saturated rings. The van der Waals surface area contributed by atoms with Crippen molar-refractivity contribution in [2.45, 2.75) is 75.9 Å². The van der Waals surface area contributed by atoms with Crippen molar-refractivity contribution >= 4 is 39.1 Å². The summed E-state index contributed by atoms with van der Waals surface area (Å²) in [5.74, 6) is -0.662. The number of carbonyl (C=O) groups is 2. The van der Waals surface area contributed by atoms with Gasteiger partial charge in [0, 0.05) is 17.6 Å². The first kappa shape index (κ1) is 30.6. The van der Waals surface area contributed by atoms with Gasteiger partial charge in [-0.2, -0.15) is 0 Å². The van der Waals surface area contributed by atoms with Crippen LogP contribution in [0.4, 0.5) is 5.69 Å². The smallest absolute Gasteiger partial charge is 0.264 e. The van der Waals surface area contributed by atoms with E-state index in [-0.39, 0.29) is 23.4 Å². The molecular formula is C32H38ClN3O4S. The third-order valence-electron chi connectivity index (χ3n) is 7.50. The Bertz CT molecular complexity index is 1420. The molecule has 0 heterocycles. The van der Waals surface area contributed by atoms with Gasteiger partial charge in [-0.25, -0.2) is 8.42 Å². The van der Waals surface area contributed by atoms with Gasteiger partial charge < -0.3 is 10.2 Å². The zero-order chi connectivity index (χ0) is 29.4. The molecule has 3 aromatic carbocycles. The Kier molecular flexibility index (Phi) is 10.5. The number of benzene rings is 3. The highest BCUT2D eigenvalue weighted by Crippen LogP contribution is 2.27. The zero-order valence-electron chi connectivity index (χ0n) is 23.6. The molecule has 9 heteroatoms. The number of amides is 2. The topological polar surface area (TPSA) is 86.8 Å². The average molecular weight is 596 g/mol. The molecule has 1 aliphatic carbocycles. The Balaban J connectivity index is 1.69. The van der Waals surface area contributed by atoms with Crippen molar-refractivity contribution in [2.75, 3.05) is 10.8 Å². The largest absolute Gasteiger partial charge is 0.352 e. The minimum atomic E-state index is -4.14. The number of sulfonamides is 1. The summed E-state index contributed by atoms with van der Waals surface area (Å²) in [4.78, 5) is 29.3. The Morgan fingerprint density at radius 2 is 1.63 bits per heavy atom. The number of hydrogen-bond donors (Lipinski definition) is 1. The highest BCUT2D eigenvalue weighted by atomic mass is 35.5. The van der Waals surface area contributed by atoms with E-state index in [2.05, 4.69) is 5.32 Å². The predicted octanol–water partition coefficient (Wildman–Crippen LogP) is 6.10. The normalized spacial score (nSPS) is 14.7. The van der Waals surface area contributed by atoms with E-state index in [9.17, 15) is 18.0 Å². The van der Waals surface area contributed by atoms with E-state index in [1.807, 2.05) is 50.2 Å². The number of hydrogen-bond acceptors (Lipinski definition) is 4. The Morgan fingerprint density at radius 1 is 0.951 bits per heavy atom. The van der Waals surface area contributed by atoms with Crippen LogP contribution in [0.2, 0.25) is 5.02 Å². The molecule has 1 N–H and O–H groups in total. The number of anilines is 1. The van der Waals surface area contributed by atoms with Crippen LogP contribution in [0, 0.1) is 6.92 Å². The second-order valence-electron chi connectivity index (χ2n) is 10.6. The first-order chi connectivity index (χ1) is 19.7. The lowest BCUT2D eigenvalue weighted by Crippen LogP contribution is -2.54. The van der Waals surface area contributed by atoms with Crippen molar-refractivity contribution in [1.82, 2.24) is 10.2 Å². The third kappa shape index (κ3) is 7.89. The molecule has 2 amide bonds. The lowest BCUT2D eigenvalue weighted by atomic mass is 9.95. The van der Waals surface area contributed by atoms with Crippen LogP contribution in [0.15, 0.2) is 83.8 Å². The van der Waals surface area contributed by atoms with Gasteiger partial charge in [-0.3, -0.25) is 13.9 Å². The number of carbonyl (C=O) groups excluding carboxylic acids is 2. The van der Waals surface area contributed by atoms with Gasteiger partial charge >= 0.3 is 0 Å². The highest BCUT2D eigenvalue weighted by molar-refractivity contribution is 7.92. The maximum absolute atomic E-state index is 14.2. The molecule has 4 rings (SSSR count). The van der Waals surface area contributed by atoms with E-state index in [1.54, 1.807) is 18.2 Å². The number of nitrogens with one attached hydrogen (secondary N) is 1. The summed E-state index contributed by atoms with van der Waals surface area (Å²) in [5, 5.41) is 3.58. The third-order valence-corrected chi connectivity index (χ3v) is 9.54. The van der Waals surface area contributed by atoms with Crippen LogP contribution < -0.4 is 9.62 Å². The van der Waals surface area contributed by atoms with E-state index in [1.165, 1.54) is 35.6 Å². The standard InChI is InChI=1S/C32H38ClN3O4S/c1-3-30(32(38)34-27-14-8-5-9-15-27)35(22-25-12-6-4-7-13-25)31(37)23-36(28-16-10-11-24(2)21-28)41(39,40)29-19-17-26(33)18-20-29/h4,6-7,10-13,16-21,27,30H,3,5,8-9,14-15,22-23H2,1-2H3,(H,34,38)/t30-/m0/s1. The van der Waals surface area contributed by atoms with Crippen molar-refractivity contribution in [1.29, 1.82) is 0 Å². The Labute approximate surface area is 248 Å². The first-order valence-electron chi connectivity index (χ1n) is 14.2. The molecule has 7 nitrogen and oxygen atoms in total. The van der Waals surface area contributed by atoms with E-state index in [0.29, 0.717) is 17.1 Å². The number of aryl methyl sites for hydroxylation is 1. The number of nitrogens with zero attached hydrogens (tertiary/aromatic N) is 2. The number of halogens is 1. The average Bonchev–Trinajstić information content (AvgIpc) is 2.97. The zero-order valence-corrected chi connectivity index (χ0v) is 25.2. The molecule has 218 valence electrons. The van der Waals surface area contributed by atoms with E-state index in [4.69, 9.17) is 11.6 Å².